The number of carbonyl (C=O) groups is 1. The molecule has 1 heterocycles. The van der Waals surface area contributed by atoms with Crippen LogP contribution in [-0.4, -0.2) is 16.1 Å². The molecule has 3 aromatic rings. The third-order valence-corrected chi connectivity index (χ3v) is 4.33. The Morgan fingerprint density at radius 1 is 1.12 bits per heavy atom. The molecule has 1 atom stereocenters. The van der Waals surface area contributed by atoms with E-state index in [9.17, 15) is 9.90 Å². The molecule has 5 heteroatoms. The van der Waals surface area contributed by atoms with Crippen LogP contribution in [0.15, 0.2) is 60.7 Å². The largest absolute Gasteiger partial charge is 0.478 e. The van der Waals surface area contributed by atoms with Gasteiger partial charge in [0.1, 0.15) is 5.82 Å². The van der Waals surface area contributed by atoms with Crippen molar-refractivity contribution in [1.82, 2.24) is 4.98 Å². The molecule has 1 aromatic heterocycles. The summed E-state index contributed by atoms with van der Waals surface area (Å²) >= 11 is 0. The summed E-state index contributed by atoms with van der Waals surface area (Å²) in [6.07, 6.45) is 0. The number of benzene rings is 2. The highest BCUT2D eigenvalue weighted by Crippen LogP contribution is 2.31. The Labute approximate surface area is 152 Å². The summed E-state index contributed by atoms with van der Waals surface area (Å²) in [5, 5.41) is 12.6. The van der Waals surface area contributed by atoms with Crippen LogP contribution in [0.1, 0.15) is 34.6 Å². The van der Waals surface area contributed by atoms with Crippen molar-refractivity contribution in [1.29, 1.82) is 0 Å². The van der Waals surface area contributed by atoms with Crippen LogP contribution >= 0.6 is 0 Å². The normalized spacial score (nSPS) is 11.8. The molecule has 0 fully saturated rings. The van der Waals surface area contributed by atoms with Gasteiger partial charge in [0.15, 0.2) is 0 Å². The summed E-state index contributed by atoms with van der Waals surface area (Å²) in [5.74, 6) is -0.535. The van der Waals surface area contributed by atoms with E-state index in [0.717, 1.165) is 28.1 Å². The molecule has 0 radical (unpaired) electrons. The number of carboxylic acids is 1. The maximum Gasteiger partial charge on any atom is 0.335 e. The monoisotopic (exact) mass is 347 g/mol. The Morgan fingerprint density at radius 2 is 1.85 bits per heavy atom. The minimum atomic E-state index is -0.955. The zero-order chi connectivity index (χ0) is 18.7. The third kappa shape index (κ3) is 3.67. The second-order valence-corrected chi connectivity index (χ2v) is 6.22. The van der Waals surface area contributed by atoms with E-state index >= 15 is 0 Å². The number of nitrogens with one attached hydrogen (secondary N) is 1. The van der Waals surface area contributed by atoms with Crippen LogP contribution in [0.2, 0.25) is 0 Å². The van der Waals surface area contributed by atoms with Gasteiger partial charge in [-0.2, -0.15) is 0 Å². The molecule has 132 valence electrons. The Morgan fingerprint density at radius 3 is 2.54 bits per heavy atom. The highest BCUT2D eigenvalue weighted by molar-refractivity contribution is 5.90. The number of nitrogens with zero attached hydrogens (tertiary/aromatic N) is 1. The molecule has 0 saturated heterocycles. The molecule has 0 amide bonds. The van der Waals surface area contributed by atoms with Crippen LogP contribution in [0.3, 0.4) is 0 Å². The van der Waals surface area contributed by atoms with Gasteiger partial charge in [0.05, 0.1) is 11.3 Å². The zero-order valence-electron chi connectivity index (χ0n) is 14.7. The minimum absolute atomic E-state index is 0.0567. The predicted octanol–water partition coefficient (Wildman–Crippen LogP) is 4.51. The lowest BCUT2D eigenvalue weighted by Crippen LogP contribution is -2.10. The molecule has 0 saturated carbocycles. The molecule has 4 N–H and O–H groups in total. The molecule has 2 aromatic carbocycles. The Balaban J connectivity index is 1.97. The van der Waals surface area contributed by atoms with Gasteiger partial charge in [0.25, 0.3) is 0 Å². The number of hydrogen-bond acceptors (Lipinski definition) is 4. The van der Waals surface area contributed by atoms with Gasteiger partial charge >= 0.3 is 5.97 Å². The van der Waals surface area contributed by atoms with Gasteiger partial charge in [-0.3, -0.25) is 0 Å². The fourth-order valence-electron chi connectivity index (χ4n) is 2.91. The second-order valence-electron chi connectivity index (χ2n) is 6.22. The first-order valence-corrected chi connectivity index (χ1v) is 8.38. The molecule has 0 aliphatic heterocycles. The van der Waals surface area contributed by atoms with Gasteiger partial charge in [0.2, 0.25) is 0 Å². The van der Waals surface area contributed by atoms with Crippen molar-refractivity contribution in [3.63, 3.8) is 0 Å². The highest BCUT2D eigenvalue weighted by atomic mass is 16.4. The van der Waals surface area contributed by atoms with Crippen molar-refractivity contribution in [2.45, 2.75) is 19.9 Å². The Hall–Kier alpha value is -3.34. The molecular weight excluding hydrogens is 326 g/mol. The fraction of sp³-hybridized carbons (Fsp3) is 0.143. The average Bonchev–Trinajstić information content (AvgIpc) is 2.64. The molecule has 0 aliphatic rings. The molecular formula is C21H21N3O2. The summed E-state index contributed by atoms with van der Waals surface area (Å²) in [6.45, 7) is 3.92. The summed E-state index contributed by atoms with van der Waals surface area (Å²) in [6, 6.07) is 18.9. The van der Waals surface area contributed by atoms with E-state index < -0.39 is 5.97 Å². The third-order valence-electron chi connectivity index (χ3n) is 4.33. The average molecular weight is 347 g/mol. The summed E-state index contributed by atoms with van der Waals surface area (Å²) < 4.78 is 0. The van der Waals surface area contributed by atoms with E-state index in [4.69, 9.17) is 5.73 Å². The van der Waals surface area contributed by atoms with Gasteiger partial charge in [-0.25, -0.2) is 9.78 Å². The van der Waals surface area contributed by atoms with Gasteiger partial charge < -0.3 is 16.2 Å². The Bertz CT molecular complexity index is 939. The first kappa shape index (κ1) is 17.5. The van der Waals surface area contributed by atoms with Gasteiger partial charge in [-0.05, 0) is 43.2 Å². The molecule has 0 spiro atoms. The van der Waals surface area contributed by atoms with Crippen molar-refractivity contribution >= 4 is 17.5 Å². The van der Waals surface area contributed by atoms with Crippen LogP contribution in [-0.2, 0) is 0 Å². The quantitative estimate of drug-likeness (QED) is 0.632. The van der Waals surface area contributed by atoms with Crippen LogP contribution < -0.4 is 11.1 Å². The van der Waals surface area contributed by atoms with E-state index in [1.165, 1.54) is 0 Å². The van der Waals surface area contributed by atoms with E-state index in [0.29, 0.717) is 5.82 Å². The lowest BCUT2D eigenvalue weighted by molar-refractivity contribution is 0.0697. The number of nitrogens with two attached hydrogens (primary N) is 1. The fourth-order valence-corrected chi connectivity index (χ4v) is 2.91. The van der Waals surface area contributed by atoms with E-state index in [1.54, 1.807) is 18.2 Å². The highest BCUT2D eigenvalue weighted by Gasteiger charge is 2.13. The standard InChI is InChI=1S/C21H21N3O2/c1-13(15-7-4-3-5-8-15)23-19-12-18(14(2)24-20(19)22)16-9-6-10-17(11-16)21(25)26/h3-13,23H,1-2H3,(H2,22,24)(H,25,26)/t13-/m1/s1. The number of aromatic carboxylic acids is 1. The van der Waals surface area contributed by atoms with Gasteiger partial charge in [-0.1, -0.05) is 42.5 Å². The van der Waals surface area contributed by atoms with Crippen molar-refractivity contribution in [3.8, 4) is 11.1 Å². The number of hydrogen-bond donors (Lipinski definition) is 3. The van der Waals surface area contributed by atoms with Crippen LogP contribution in [0.25, 0.3) is 11.1 Å². The van der Waals surface area contributed by atoms with Crippen molar-refractivity contribution in [3.05, 3.63) is 77.5 Å². The molecule has 3 rings (SSSR count). The first-order chi connectivity index (χ1) is 12.5. The maximum absolute atomic E-state index is 11.2. The Kier molecular flexibility index (Phi) is 4.89. The molecule has 0 bridgehead atoms. The lowest BCUT2D eigenvalue weighted by atomic mass is 10.0. The molecule has 0 aliphatic carbocycles. The van der Waals surface area contributed by atoms with Crippen LogP contribution in [0.4, 0.5) is 11.5 Å². The van der Waals surface area contributed by atoms with Crippen molar-refractivity contribution in [2.75, 3.05) is 11.1 Å². The van der Waals surface area contributed by atoms with Crippen molar-refractivity contribution < 1.29 is 9.90 Å². The van der Waals surface area contributed by atoms with E-state index in [-0.39, 0.29) is 11.6 Å². The van der Waals surface area contributed by atoms with E-state index in [2.05, 4.69) is 17.2 Å². The number of carboxylic acid groups (broad SMARTS) is 1. The second kappa shape index (κ2) is 7.27. The van der Waals surface area contributed by atoms with Crippen LogP contribution in [0.5, 0.6) is 0 Å². The molecule has 26 heavy (non-hydrogen) atoms. The number of aryl methyl sites for hydroxylation is 1. The SMILES string of the molecule is Cc1nc(N)c(N[C@H](C)c2ccccc2)cc1-c1cccc(C(=O)O)c1. The maximum atomic E-state index is 11.2. The number of aromatic nitrogens is 1. The molecule has 0 unspecified atom stereocenters. The number of anilines is 2. The van der Waals surface area contributed by atoms with Gasteiger partial charge in [0, 0.05) is 17.3 Å². The zero-order valence-corrected chi connectivity index (χ0v) is 14.7. The summed E-state index contributed by atoms with van der Waals surface area (Å²) in [4.78, 5) is 15.7. The topological polar surface area (TPSA) is 88.2 Å². The van der Waals surface area contributed by atoms with Gasteiger partial charge in [-0.15, -0.1) is 0 Å². The minimum Gasteiger partial charge on any atom is -0.478 e. The first-order valence-electron chi connectivity index (χ1n) is 8.38. The molecule has 5 nitrogen and oxygen atoms in total. The van der Waals surface area contributed by atoms with Crippen molar-refractivity contribution in [2.24, 2.45) is 0 Å². The van der Waals surface area contributed by atoms with E-state index in [1.807, 2.05) is 49.4 Å². The number of nitrogen functional groups attached to an aromatic ring is 1. The van der Waals surface area contributed by atoms with Crippen LogP contribution in [0, 0.1) is 6.92 Å². The smallest absolute Gasteiger partial charge is 0.335 e. The number of pyridine rings is 1. The predicted molar refractivity (Wildman–Crippen MR) is 104 cm³/mol. The summed E-state index contributed by atoms with van der Waals surface area (Å²) in [5.41, 5.74) is 10.6. The lowest BCUT2D eigenvalue weighted by Gasteiger charge is -2.18. The number of rotatable bonds is 5. The summed E-state index contributed by atoms with van der Waals surface area (Å²) in [7, 11) is 0.